The number of carbonyl (C=O) groups excluding carboxylic acids is 1. The normalized spacial score (nSPS) is 14.3. The van der Waals surface area contributed by atoms with Crippen molar-refractivity contribution in [3.05, 3.63) is 23.8 Å². The molecule has 1 aliphatic heterocycles. The number of hydrogen-bond donors (Lipinski definition) is 1. The largest absolute Gasteiger partial charge is 0.490 e. The van der Waals surface area contributed by atoms with Crippen molar-refractivity contribution in [3.63, 3.8) is 0 Å². The van der Waals surface area contributed by atoms with Gasteiger partial charge in [-0.1, -0.05) is 6.07 Å². The highest BCUT2D eigenvalue weighted by Crippen LogP contribution is 2.29. The van der Waals surface area contributed by atoms with Crippen molar-refractivity contribution in [1.82, 2.24) is 15.1 Å². The van der Waals surface area contributed by atoms with Gasteiger partial charge in [-0.2, -0.15) is 8.78 Å². The van der Waals surface area contributed by atoms with Crippen LogP contribution in [0, 0.1) is 0 Å². The smallest absolute Gasteiger partial charge is 0.409 e. The van der Waals surface area contributed by atoms with Crippen molar-refractivity contribution >= 4 is 36.0 Å². The van der Waals surface area contributed by atoms with Crippen molar-refractivity contribution in [1.29, 1.82) is 0 Å². The van der Waals surface area contributed by atoms with Gasteiger partial charge in [0.05, 0.1) is 13.2 Å². The van der Waals surface area contributed by atoms with Crippen molar-refractivity contribution in [2.75, 3.05) is 46.4 Å². The van der Waals surface area contributed by atoms with Gasteiger partial charge in [0, 0.05) is 39.8 Å². The lowest BCUT2D eigenvalue weighted by atomic mass is 10.2. The maximum atomic E-state index is 12.5. The number of nitrogens with zero attached hydrogens (tertiary/aromatic N) is 3. The van der Waals surface area contributed by atoms with Crippen LogP contribution in [0.5, 0.6) is 11.5 Å². The Balaban J connectivity index is 0.00000450. The second-order valence-electron chi connectivity index (χ2n) is 6.17. The summed E-state index contributed by atoms with van der Waals surface area (Å²) >= 11 is 0. The zero-order chi connectivity index (χ0) is 21.2. The molecule has 1 aliphatic rings. The third-order valence-corrected chi connectivity index (χ3v) is 4.29. The fraction of sp³-hybridized carbons (Fsp3) is 0.579. The Morgan fingerprint density at radius 2 is 1.80 bits per heavy atom. The van der Waals surface area contributed by atoms with E-state index in [4.69, 9.17) is 9.47 Å². The maximum absolute atomic E-state index is 12.5. The zero-order valence-electron chi connectivity index (χ0n) is 17.4. The second-order valence-corrected chi connectivity index (χ2v) is 6.17. The van der Waals surface area contributed by atoms with E-state index in [-0.39, 0.29) is 41.6 Å². The first-order chi connectivity index (χ1) is 14.0. The van der Waals surface area contributed by atoms with Gasteiger partial charge >= 0.3 is 12.7 Å². The third kappa shape index (κ3) is 7.65. The van der Waals surface area contributed by atoms with E-state index in [0.717, 1.165) is 5.56 Å². The number of ether oxygens (including phenoxy) is 3. The Kier molecular flexibility index (Phi) is 11.5. The number of benzene rings is 1. The molecular formula is C19H29F2IN4O4. The number of hydrogen-bond acceptors (Lipinski definition) is 5. The van der Waals surface area contributed by atoms with E-state index in [2.05, 4.69) is 15.0 Å². The standard InChI is InChI=1S/C19H28F2N4O4.HI/c1-4-27-16-12-14(6-7-15(16)29-17(20)21)13-23-18(22-3)24-8-10-25(11-9-24)19(26)28-5-2;/h6-7,12,17H,4-5,8-11,13H2,1-3H3,(H,22,23);1H. The first kappa shape index (κ1) is 26.0. The lowest BCUT2D eigenvalue weighted by Crippen LogP contribution is -2.53. The molecule has 0 atom stereocenters. The second kappa shape index (κ2) is 13.3. The van der Waals surface area contributed by atoms with E-state index < -0.39 is 6.61 Å². The van der Waals surface area contributed by atoms with Crippen LogP contribution in [0.4, 0.5) is 13.6 Å². The fourth-order valence-corrected chi connectivity index (χ4v) is 2.95. The van der Waals surface area contributed by atoms with Gasteiger partial charge in [0.2, 0.25) is 0 Å². The first-order valence-electron chi connectivity index (χ1n) is 9.56. The highest BCUT2D eigenvalue weighted by atomic mass is 127. The number of carbonyl (C=O) groups is 1. The Morgan fingerprint density at radius 1 is 1.13 bits per heavy atom. The monoisotopic (exact) mass is 542 g/mol. The van der Waals surface area contributed by atoms with Gasteiger partial charge in [-0.15, -0.1) is 24.0 Å². The van der Waals surface area contributed by atoms with Crippen molar-refractivity contribution in [2.45, 2.75) is 27.0 Å². The van der Waals surface area contributed by atoms with E-state index in [0.29, 0.717) is 51.9 Å². The summed E-state index contributed by atoms with van der Waals surface area (Å²) in [6, 6.07) is 4.83. The number of aliphatic imine (C=N–C) groups is 1. The van der Waals surface area contributed by atoms with Gasteiger partial charge in [-0.3, -0.25) is 4.99 Å². The van der Waals surface area contributed by atoms with Crippen LogP contribution < -0.4 is 14.8 Å². The van der Waals surface area contributed by atoms with E-state index in [1.54, 1.807) is 37.9 Å². The van der Waals surface area contributed by atoms with Crippen LogP contribution in [0.1, 0.15) is 19.4 Å². The molecule has 11 heteroatoms. The average molecular weight is 542 g/mol. The van der Waals surface area contributed by atoms with Gasteiger partial charge in [0.25, 0.3) is 0 Å². The molecule has 1 N–H and O–H groups in total. The molecule has 1 aromatic carbocycles. The molecule has 8 nitrogen and oxygen atoms in total. The molecule has 0 unspecified atom stereocenters. The number of rotatable bonds is 7. The Hall–Kier alpha value is -2.05. The topological polar surface area (TPSA) is 75.6 Å². The van der Waals surface area contributed by atoms with Crippen LogP contribution in [0.2, 0.25) is 0 Å². The first-order valence-corrected chi connectivity index (χ1v) is 9.56. The minimum atomic E-state index is -2.91. The van der Waals surface area contributed by atoms with Gasteiger partial charge in [0.15, 0.2) is 17.5 Å². The Bertz CT molecular complexity index is 701. The quantitative estimate of drug-likeness (QED) is 0.324. The predicted molar refractivity (Wildman–Crippen MR) is 120 cm³/mol. The van der Waals surface area contributed by atoms with E-state index >= 15 is 0 Å². The van der Waals surface area contributed by atoms with Gasteiger partial charge < -0.3 is 29.3 Å². The van der Waals surface area contributed by atoms with Crippen LogP contribution in [-0.4, -0.2) is 74.9 Å². The molecule has 0 bridgehead atoms. The molecular weight excluding hydrogens is 513 g/mol. The molecule has 0 spiro atoms. The van der Waals surface area contributed by atoms with Gasteiger partial charge in [0.1, 0.15) is 0 Å². The van der Waals surface area contributed by atoms with E-state index in [1.807, 2.05) is 4.90 Å². The summed E-state index contributed by atoms with van der Waals surface area (Å²) in [5.74, 6) is 0.967. The molecule has 0 saturated carbocycles. The predicted octanol–water partition coefficient (Wildman–Crippen LogP) is 3.15. The molecule has 0 radical (unpaired) electrons. The van der Waals surface area contributed by atoms with Crippen LogP contribution in [0.3, 0.4) is 0 Å². The minimum Gasteiger partial charge on any atom is -0.490 e. The van der Waals surface area contributed by atoms with Gasteiger partial charge in [-0.05, 0) is 31.5 Å². The molecule has 30 heavy (non-hydrogen) atoms. The highest BCUT2D eigenvalue weighted by Gasteiger charge is 2.23. The highest BCUT2D eigenvalue weighted by molar-refractivity contribution is 14.0. The number of halogens is 3. The summed E-state index contributed by atoms with van der Waals surface area (Å²) in [6.07, 6.45) is -0.301. The molecule has 1 heterocycles. The number of alkyl halides is 2. The summed E-state index contributed by atoms with van der Waals surface area (Å²) in [5, 5.41) is 3.25. The van der Waals surface area contributed by atoms with Crippen molar-refractivity contribution in [2.24, 2.45) is 4.99 Å². The number of piperazine rings is 1. The average Bonchev–Trinajstić information content (AvgIpc) is 2.71. The SMILES string of the molecule is CCOC(=O)N1CCN(C(=NC)NCc2ccc(OC(F)F)c(OCC)c2)CC1.I. The lowest BCUT2D eigenvalue weighted by Gasteiger charge is -2.35. The molecule has 0 aliphatic carbocycles. The zero-order valence-corrected chi connectivity index (χ0v) is 19.7. The van der Waals surface area contributed by atoms with Crippen LogP contribution >= 0.6 is 24.0 Å². The summed E-state index contributed by atoms with van der Waals surface area (Å²) < 4.78 is 40.0. The molecule has 0 aromatic heterocycles. The summed E-state index contributed by atoms with van der Waals surface area (Å²) in [5.41, 5.74) is 0.835. The van der Waals surface area contributed by atoms with E-state index in [1.165, 1.54) is 6.07 Å². The van der Waals surface area contributed by atoms with Crippen molar-refractivity contribution < 1.29 is 27.8 Å². The number of guanidine groups is 1. The number of amides is 1. The maximum Gasteiger partial charge on any atom is 0.409 e. The Morgan fingerprint density at radius 3 is 2.37 bits per heavy atom. The van der Waals surface area contributed by atoms with Crippen molar-refractivity contribution in [3.8, 4) is 11.5 Å². The summed E-state index contributed by atoms with van der Waals surface area (Å²) in [7, 11) is 1.69. The molecule has 1 saturated heterocycles. The molecule has 170 valence electrons. The minimum absolute atomic E-state index is 0. The van der Waals surface area contributed by atoms with E-state index in [9.17, 15) is 13.6 Å². The summed E-state index contributed by atoms with van der Waals surface area (Å²) in [6.45, 7) is 4.12. The Labute approximate surface area is 192 Å². The van der Waals surface area contributed by atoms with Crippen LogP contribution in [0.15, 0.2) is 23.2 Å². The third-order valence-electron chi connectivity index (χ3n) is 4.29. The number of nitrogens with one attached hydrogen (secondary N) is 1. The molecule has 2 rings (SSSR count). The van der Waals surface area contributed by atoms with Crippen LogP contribution in [0.25, 0.3) is 0 Å². The molecule has 1 amide bonds. The molecule has 1 aromatic rings. The van der Waals surface area contributed by atoms with Crippen LogP contribution in [-0.2, 0) is 11.3 Å². The van der Waals surface area contributed by atoms with Gasteiger partial charge in [-0.25, -0.2) is 4.79 Å². The fourth-order valence-electron chi connectivity index (χ4n) is 2.95. The summed E-state index contributed by atoms with van der Waals surface area (Å²) in [4.78, 5) is 19.8. The molecule has 1 fully saturated rings. The lowest BCUT2D eigenvalue weighted by molar-refractivity contribution is -0.0514.